The third-order valence-electron chi connectivity index (χ3n) is 5.45. The van der Waals surface area contributed by atoms with Crippen LogP contribution in [0.4, 0.5) is 27.5 Å². The largest absolute Gasteiger partial charge is 0.444 e. The van der Waals surface area contributed by atoms with Crippen LogP contribution < -0.4 is 10.6 Å². The molecule has 8 nitrogen and oxygen atoms in total. The van der Waals surface area contributed by atoms with E-state index in [4.69, 9.17) is 9.16 Å². The van der Waals surface area contributed by atoms with E-state index in [1.807, 2.05) is 6.07 Å². The van der Waals surface area contributed by atoms with Crippen LogP contribution >= 0.6 is 0 Å². The van der Waals surface area contributed by atoms with E-state index in [1.54, 1.807) is 51.1 Å². The molecule has 0 aliphatic carbocycles. The van der Waals surface area contributed by atoms with Gasteiger partial charge in [0.15, 0.2) is 8.32 Å². The van der Waals surface area contributed by atoms with Crippen molar-refractivity contribution in [2.45, 2.75) is 71.9 Å². The third-order valence-corrected chi connectivity index (χ3v) is 9.93. The van der Waals surface area contributed by atoms with Crippen LogP contribution in [0.15, 0.2) is 42.5 Å². The molecule has 33 heavy (non-hydrogen) atoms. The van der Waals surface area contributed by atoms with Gasteiger partial charge in [-0.2, -0.15) is 0 Å². The highest BCUT2D eigenvalue weighted by Crippen LogP contribution is 2.37. The predicted octanol–water partition coefficient (Wildman–Crippen LogP) is 7.21. The van der Waals surface area contributed by atoms with E-state index in [2.05, 4.69) is 44.5 Å². The van der Waals surface area contributed by atoms with Crippen molar-refractivity contribution in [3.05, 3.63) is 58.1 Å². The molecule has 0 aliphatic rings. The molecular formula is C24H35N3O5Si. The van der Waals surface area contributed by atoms with Crippen LogP contribution in [0.1, 0.15) is 47.1 Å². The summed E-state index contributed by atoms with van der Waals surface area (Å²) in [5.41, 5.74) is 1.55. The van der Waals surface area contributed by atoms with Gasteiger partial charge in [-0.25, -0.2) is 4.79 Å². The molecule has 2 rings (SSSR count). The maximum atomic E-state index is 12.0. The number of nitrogens with one attached hydrogen (secondary N) is 2. The van der Waals surface area contributed by atoms with Gasteiger partial charge in [-0.1, -0.05) is 32.9 Å². The number of ether oxygens (including phenoxy) is 1. The van der Waals surface area contributed by atoms with Crippen molar-refractivity contribution in [2.24, 2.45) is 0 Å². The number of nitrogens with zero attached hydrogens (tertiary/aromatic N) is 1. The maximum Gasteiger partial charge on any atom is 0.412 e. The molecule has 9 heteroatoms. The summed E-state index contributed by atoms with van der Waals surface area (Å²) in [4.78, 5) is 23.3. The van der Waals surface area contributed by atoms with Gasteiger partial charge >= 0.3 is 6.09 Å². The summed E-state index contributed by atoms with van der Waals surface area (Å²) in [6.45, 7) is 16.4. The Hall–Kier alpha value is -2.91. The molecule has 0 bridgehead atoms. The highest BCUT2D eigenvalue weighted by Gasteiger charge is 2.37. The summed E-state index contributed by atoms with van der Waals surface area (Å²) in [6.07, 6.45) is -0.572. The molecule has 0 atom stereocenters. The molecule has 0 saturated heterocycles. The second-order valence-electron chi connectivity index (χ2n) is 10.5. The normalized spacial score (nSPS) is 12.2. The lowest BCUT2D eigenvalue weighted by atomic mass is 10.1. The zero-order chi connectivity index (χ0) is 25.0. The van der Waals surface area contributed by atoms with Crippen molar-refractivity contribution in [1.29, 1.82) is 0 Å². The second kappa shape index (κ2) is 9.92. The molecule has 0 aromatic heterocycles. The Morgan fingerprint density at radius 2 is 1.67 bits per heavy atom. The van der Waals surface area contributed by atoms with Crippen LogP contribution in [0.5, 0.6) is 0 Å². The van der Waals surface area contributed by atoms with E-state index in [0.717, 1.165) is 5.56 Å². The van der Waals surface area contributed by atoms with Crippen molar-refractivity contribution in [3.8, 4) is 0 Å². The SMILES string of the molecule is CC(C)(C)OC(=O)Nc1cccc(Nc2ccc(CO[Si](C)(C)C(C)(C)C)cc2[N+](=O)[O-])c1. The first kappa shape index (κ1) is 26.3. The molecule has 0 heterocycles. The monoisotopic (exact) mass is 473 g/mol. The lowest BCUT2D eigenvalue weighted by Crippen LogP contribution is -2.40. The number of hydrogen-bond acceptors (Lipinski definition) is 6. The Balaban J connectivity index is 2.18. The molecule has 0 spiro atoms. The van der Waals surface area contributed by atoms with Crippen molar-refractivity contribution < 1.29 is 18.9 Å². The lowest BCUT2D eigenvalue weighted by Gasteiger charge is -2.36. The standard InChI is InChI=1S/C24H35N3O5Si/c1-23(2,3)32-22(28)26-19-11-9-10-18(15-19)25-20-13-12-17(14-21(20)27(29)30)16-31-33(7,8)24(4,5)6/h9-15,25H,16H2,1-8H3,(H,26,28). The van der Waals surface area contributed by atoms with Crippen LogP contribution in [-0.4, -0.2) is 24.9 Å². The van der Waals surface area contributed by atoms with E-state index in [9.17, 15) is 14.9 Å². The molecule has 2 aromatic carbocycles. The number of carbonyl (C=O) groups is 1. The van der Waals surface area contributed by atoms with Crippen LogP contribution in [0.3, 0.4) is 0 Å². The van der Waals surface area contributed by atoms with Gasteiger partial charge in [-0.05, 0) is 68.7 Å². The number of amides is 1. The van der Waals surface area contributed by atoms with Gasteiger partial charge in [0.05, 0.1) is 11.5 Å². The maximum absolute atomic E-state index is 12.0. The van der Waals surface area contributed by atoms with Gasteiger partial charge in [0, 0.05) is 17.4 Å². The summed E-state index contributed by atoms with van der Waals surface area (Å²) < 4.78 is 11.5. The summed E-state index contributed by atoms with van der Waals surface area (Å²) in [5, 5.41) is 17.5. The average Bonchev–Trinajstić information content (AvgIpc) is 2.65. The quantitative estimate of drug-likeness (QED) is 0.250. The highest BCUT2D eigenvalue weighted by atomic mass is 28.4. The van der Waals surface area contributed by atoms with E-state index >= 15 is 0 Å². The molecule has 0 aliphatic heterocycles. The number of benzene rings is 2. The average molecular weight is 474 g/mol. The smallest absolute Gasteiger partial charge is 0.412 e. The number of anilines is 3. The molecule has 0 fully saturated rings. The minimum atomic E-state index is -1.97. The zero-order valence-corrected chi connectivity index (χ0v) is 21.7. The van der Waals surface area contributed by atoms with Crippen LogP contribution in [0.2, 0.25) is 18.1 Å². The van der Waals surface area contributed by atoms with Crippen LogP contribution in [-0.2, 0) is 15.8 Å². The summed E-state index contributed by atoms with van der Waals surface area (Å²) in [7, 11) is -1.97. The molecular weight excluding hydrogens is 438 g/mol. The van der Waals surface area contributed by atoms with Gasteiger partial charge in [0.2, 0.25) is 0 Å². The Morgan fingerprint density at radius 3 is 2.24 bits per heavy atom. The molecule has 2 N–H and O–H groups in total. The topological polar surface area (TPSA) is 103 Å². The van der Waals surface area contributed by atoms with Gasteiger partial charge < -0.3 is 14.5 Å². The summed E-state index contributed by atoms with van der Waals surface area (Å²) in [5.74, 6) is 0. The van der Waals surface area contributed by atoms with Crippen molar-refractivity contribution in [1.82, 2.24) is 0 Å². The van der Waals surface area contributed by atoms with Crippen LogP contribution in [0, 0.1) is 10.1 Å². The summed E-state index contributed by atoms with van der Waals surface area (Å²) in [6, 6.07) is 11.9. The van der Waals surface area contributed by atoms with E-state index in [-0.39, 0.29) is 10.7 Å². The summed E-state index contributed by atoms with van der Waals surface area (Å²) >= 11 is 0. The van der Waals surface area contributed by atoms with Gasteiger partial charge in [0.1, 0.15) is 11.3 Å². The fraction of sp³-hybridized carbons (Fsp3) is 0.458. The first-order valence-electron chi connectivity index (χ1n) is 10.9. The zero-order valence-electron chi connectivity index (χ0n) is 20.7. The third kappa shape index (κ3) is 7.87. The number of hydrogen-bond donors (Lipinski definition) is 2. The molecule has 0 unspecified atom stereocenters. The molecule has 0 radical (unpaired) electrons. The minimum Gasteiger partial charge on any atom is -0.444 e. The van der Waals surface area contributed by atoms with E-state index < -0.39 is 24.9 Å². The highest BCUT2D eigenvalue weighted by molar-refractivity contribution is 6.74. The number of rotatable bonds is 7. The van der Waals surface area contributed by atoms with Crippen molar-refractivity contribution >= 4 is 37.2 Å². The molecule has 180 valence electrons. The molecule has 2 aromatic rings. The van der Waals surface area contributed by atoms with Crippen molar-refractivity contribution in [3.63, 3.8) is 0 Å². The fourth-order valence-electron chi connectivity index (χ4n) is 2.66. The Kier molecular flexibility index (Phi) is 7.92. The van der Waals surface area contributed by atoms with Crippen LogP contribution in [0.25, 0.3) is 0 Å². The van der Waals surface area contributed by atoms with E-state index in [0.29, 0.717) is 23.7 Å². The number of nitro groups is 1. The lowest BCUT2D eigenvalue weighted by molar-refractivity contribution is -0.384. The number of carbonyl (C=O) groups excluding carboxylic acids is 1. The Bertz CT molecular complexity index is 1010. The Labute approximate surface area is 197 Å². The number of nitro benzene ring substituents is 1. The second-order valence-corrected chi connectivity index (χ2v) is 15.3. The van der Waals surface area contributed by atoms with Gasteiger partial charge in [-0.15, -0.1) is 0 Å². The van der Waals surface area contributed by atoms with Crippen molar-refractivity contribution in [2.75, 3.05) is 10.6 Å². The first-order valence-corrected chi connectivity index (χ1v) is 13.8. The Morgan fingerprint density at radius 1 is 1.03 bits per heavy atom. The first-order chi connectivity index (χ1) is 15.1. The predicted molar refractivity (Wildman–Crippen MR) is 135 cm³/mol. The fourth-order valence-corrected chi connectivity index (χ4v) is 3.62. The van der Waals surface area contributed by atoms with E-state index in [1.165, 1.54) is 6.07 Å². The molecule has 1 amide bonds. The minimum absolute atomic E-state index is 0.0446. The molecule has 0 saturated carbocycles. The van der Waals surface area contributed by atoms with Gasteiger partial charge in [0.25, 0.3) is 5.69 Å². The van der Waals surface area contributed by atoms with Gasteiger partial charge in [-0.3, -0.25) is 15.4 Å².